The standard InChI is InChI=1S/C14H29N3O/c1-4-5-8-16(3)11-13-6-9-17(10-7-13)14(18)12(2)15/h12-13H,4-11,15H2,1-3H3/t12-/m1/s1. The van der Waals surface area contributed by atoms with Crippen molar-refractivity contribution < 1.29 is 4.79 Å². The molecular formula is C14H29N3O. The fourth-order valence-electron chi connectivity index (χ4n) is 2.58. The van der Waals surface area contributed by atoms with Crippen LogP contribution in [0.15, 0.2) is 0 Å². The van der Waals surface area contributed by atoms with E-state index in [4.69, 9.17) is 5.73 Å². The highest BCUT2D eigenvalue weighted by molar-refractivity contribution is 5.81. The molecule has 1 amide bonds. The Balaban J connectivity index is 2.25. The highest BCUT2D eigenvalue weighted by Crippen LogP contribution is 2.18. The lowest BCUT2D eigenvalue weighted by atomic mass is 9.96. The molecule has 0 radical (unpaired) electrons. The molecule has 2 N–H and O–H groups in total. The van der Waals surface area contributed by atoms with Gasteiger partial charge in [-0.25, -0.2) is 0 Å². The van der Waals surface area contributed by atoms with Crippen LogP contribution in [0.3, 0.4) is 0 Å². The van der Waals surface area contributed by atoms with Gasteiger partial charge in [-0.3, -0.25) is 4.79 Å². The van der Waals surface area contributed by atoms with Gasteiger partial charge < -0.3 is 15.5 Å². The Bertz CT molecular complexity index is 247. The van der Waals surface area contributed by atoms with Crippen molar-refractivity contribution in [2.45, 2.75) is 45.6 Å². The number of hydrogen-bond acceptors (Lipinski definition) is 3. The van der Waals surface area contributed by atoms with Gasteiger partial charge >= 0.3 is 0 Å². The number of unbranched alkanes of at least 4 members (excludes halogenated alkanes) is 1. The third-order valence-electron chi connectivity index (χ3n) is 3.78. The molecule has 0 aliphatic carbocycles. The number of nitrogens with two attached hydrogens (primary N) is 1. The average molecular weight is 255 g/mol. The maximum Gasteiger partial charge on any atom is 0.239 e. The smallest absolute Gasteiger partial charge is 0.239 e. The lowest BCUT2D eigenvalue weighted by molar-refractivity contribution is -0.133. The summed E-state index contributed by atoms with van der Waals surface area (Å²) in [7, 11) is 2.20. The van der Waals surface area contributed by atoms with E-state index in [0.717, 1.165) is 31.8 Å². The molecular weight excluding hydrogens is 226 g/mol. The van der Waals surface area contributed by atoms with Gasteiger partial charge in [0.2, 0.25) is 5.91 Å². The fraction of sp³-hybridized carbons (Fsp3) is 0.929. The van der Waals surface area contributed by atoms with Crippen LogP contribution in [0.1, 0.15) is 39.5 Å². The van der Waals surface area contributed by atoms with Gasteiger partial charge in [0.25, 0.3) is 0 Å². The van der Waals surface area contributed by atoms with Gasteiger partial charge in [-0.05, 0) is 45.7 Å². The zero-order valence-corrected chi connectivity index (χ0v) is 12.2. The van der Waals surface area contributed by atoms with Crippen molar-refractivity contribution in [2.24, 2.45) is 11.7 Å². The Labute approximate surface area is 111 Å². The molecule has 0 aromatic rings. The molecule has 106 valence electrons. The van der Waals surface area contributed by atoms with E-state index in [9.17, 15) is 4.79 Å². The molecule has 1 aliphatic heterocycles. The second-order valence-corrected chi connectivity index (χ2v) is 5.67. The summed E-state index contributed by atoms with van der Waals surface area (Å²) in [5.41, 5.74) is 5.64. The van der Waals surface area contributed by atoms with Crippen molar-refractivity contribution in [2.75, 3.05) is 33.2 Å². The lowest BCUT2D eigenvalue weighted by Crippen LogP contribution is -2.47. The van der Waals surface area contributed by atoms with E-state index in [1.807, 2.05) is 4.90 Å². The molecule has 1 aliphatic rings. The summed E-state index contributed by atoms with van der Waals surface area (Å²) in [6.45, 7) is 8.12. The molecule has 0 spiro atoms. The zero-order valence-electron chi connectivity index (χ0n) is 12.2. The van der Waals surface area contributed by atoms with E-state index >= 15 is 0 Å². The summed E-state index contributed by atoms with van der Waals surface area (Å²) < 4.78 is 0. The maximum atomic E-state index is 11.8. The predicted octanol–water partition coefficient (Wildman–Crippen LogP) is 1.30. The molecule has 0 aromatic carbocycles. The summed E-state index contributed by atoms with van der Waals surface area (Å²) >= 11 is 0. The number of nitrogens with zero attached hydrogens (tertiary/aromatic N) is 2. The van der Waals surface area contributed by atoms with Gasteiger partial charge in [0.05, 0.1) is 6.04 Å². The van der Waals surface area contributed by atoms with Crippen molar-refractivity contribution in [3.05, 3.63) is 0 Å². The Morgan fingerprint density at radius 3 is 2.56 bits per heavy atom. The van der Waals surface area contributed by atoms with Crippen LogP contribution >= 0.6 is 0 Å². The summed E-state index contributed by atoms with van der Waals surface area (Å²) in [5, 5.41) is 0. The molecule has 1 saturated heterocycles. The Kier molecular flexibility index (Phi) is 6.65. The molecule has 0 aromatic heterocycles. The first-order valence-corrected chi connectivity index (χ1v) is 7.27. The van der Waals surface area contributed by atoms with Crippen LogP contribution in [-0.2, 0) is 4.79 Å². The normalized spacial score (nSPS) is 19.3. The Morgan fingerprint density at radius 1 is 1.44 bits per heavy atom. The number of rotatable bonds is 6. The van der Waals surface area contributed by atoms with Crippen LogP contribution in [0, 0.1) is 5.92 Å². The first kappa shape index (κ1) is 15.4. The zero-order chi connectivity index (χ0) is 13.5. The van der Waals surface area contributed by atoms with Crippen molar-refractivity contribution >= 4 is 5.91 Å². The van der Waals surface area contributed by atoms with E-state index < -0.39 is 0 Å². The summed E-state index contributed by atoms with van der Waals surface area (Å²) in [4.78, 5) is 16.1. The summed E-state index contributed by atoms with van der Waals surface area (Å²) in [6, 6.07) is -0.353. The minimum Gasteiger partial charge on any atom is -0.341 e. The molecule has 0 bridgehead atoms. The molecule has 18 heavy (non-hydrogen) atoms. The lowest BCUT2D eigenvalue weighted by Gasteiger charge is -2.34. The Morgan fingerprint density at radius 2 is 2.06 bits per heavy atom. The predicted molar refractivity (Wildman–Crippen MR) is 75.4 cm³/mol. The quantitative estimate of drug-likeness (QED) is 0.778. The third kappa shape index (κ3) is 4.94. The Hall–Kier alpha value is -0.610. The van der Waals surface area contributed by atoms with Gasteiger partial charge in [-0.1, -0.05) is 13.3 Å². The monoisotopic (exact) mass is 255 g/mol. The molecule has 1 atom stereocenters. The van der Waals surface area contributed by atoms with Gasteiger partial charge in [-0.2, -0.15) is 0 Å². The van der Waals surface area contributed by atoms with Gasteiger partial charge in [0, 0.05) is 19.6 Å². The number of carbonyl (C=O) groups is 1. The largest absolute Gasteiger partial charge is 0.341 e. The van der Waals surface area contributed by atoms with Crippen molar-refractivity contribution in [1.82, 2.24) is 9.80 Å². The maximum absolute atomic E-state index is 11.8. The van der Waals surface area contributed by atoms with Crippen LogP contribution < -0.4 is 5.73 Å². The molecule has 0 unspecified atom stereocenters. The van der Waals surface area contributed by atoms with E-state index in [1.54, 1.807) is 6.92 Å². The first-order valence-electron chi connectivity index (χ1n) is 7.27. The summed E-state index contributed by atoms with van der Waals surface area (Å²) in [6.07, 6.45) is 4.77. The van der Waals surface area contributed by atoms with E-state index in [0.29, 0.717) is 0 Å². The van der Waals surface area contributed by atoms with Crippen LogP contribution in [0.4, 0.5) is 0 Å². The van der Waals surface area contributed by atoms with Crippen molar-refractivity contribution in [3.8, 4) is 0 Å². The molecule has 1 fully saturated rings. The van der Waals surface area contributed by atoms with Gasteiger partial charge in [0.15, 0.2) is 0 Å². The van der Waals surface area contributed by atoms with Gasteiger partial charge in [-0.15, -0.1) is 0 Å². The highest BCUT2D eigenvalue weighted by Gasteiger charge is 2.24. The second kappa shape index (κ2) is 7.74. The number of likely N-dealkylation sites (tertiary alicyclic amines) is 1. The van der Waals surface area contributed by atoms with E-state index in [1.165, 1.54) is 25.9 Å². The third-order valence-corrected chi connectivity index (χ3v) is 3.78. The first-order chi connectivity index (χ1) is 8.54. The fourth-order valence-corrected chi connectivity index (χ4v) is 2.58. The molecule has 4 nitrogen and oxygen atoms in total. The van der Waals surface area contributed by atoms with Crippen molar-refractivity contribution in [3.63, 3.8) is 0 Å². The summed E-state index contributed by atoms with van der Waals surface area (Å²) in [5.74, 6) is 0.844. The number of hydrogen-bond donors (Lipinski definition) is 1. The topological polar surface area (TPSA) is 49.6 Å². The van der Waals surface area contributed by atoms with Crippen LogP contribution in [0.25, 0.3) is 0 Å². The number of carbonyl (C=O) groups excluding carboxylic acids is 1. The minimum atomic E-state index is -0.353. The molecule has 4 heteroatoms. The van der Waals surface area contributed by atoms with E-state index in [-0.39, 0.29) is 11.9 Å². The second-order valence-electron chi connectivity index (χ2n) is 5.67. The molecule has 1 rings (SSSR count). The van der Waals surface area contributed by atoms with E-state index in [2.05, 4.69) is 18.9 Å². The van der Waals surface area contributed by atoms with Crippen molar-refractivity contribution in [1.29, 1.82) is 0 Å². The molecule has 0 saturated carbocycles. The molecule has 1 heterocycles. The highest BCUT2D eigenvalue weighted by atomic mass is 16.2. The SMILES string of the molecule is CCCCN(C)CC1CCN(C(=O)[C@@H](C)N)CC1. The number of amides is 1. The number of piperidine rings is 1. The minimum absolute atomic E-state index is 0.104. The average Bonchev–Trinajstić information content (AvgIpc) is 2.36. The van der Waals surface area contributed by atoms with Crippen LogP contribution in [0.2, 0.25) is 0 Å². The van der Waals surface area contributed by atoms with Crippen LogP contribution in [0.5, 0.6) is 0 Å². The van der Waals surface area contributed by atoms with Gasteiger partial charge in [0.1, 0.15) is 0 Å². The van der Waals surface area contributed by atoms with Crippen LogP contribution in [-0.4, -0.2) is 55.0 Å².